The van der Waals surface area contributed by atoms with Crippen molar-refractivity contribution in [3.63, 3.8) is 0 Å². The van der Waals surface area contributed by atoms with Crippen LogP contribution in [-0.4, -0.2) is 322 Å². The number of benzene rings is 3. The molecule has 16 N–H and O–H groups in total. The second kappa shape index (κ2) is 28.7. The first-order chi connectivity index (χ1) is 43.2. The zero-order chi connectivity index (χ0) is 65.9. The molecule has 25 rings (SSSR count). The van der Waals surface area contributed by atoms with Gasteiger partial charge in [0.15, 0.2) is 43.8 Å². The number of aliphatic hydroxyl groups excluding tert-OH is 16. The molecule has 22 heterocycles. The minimum Gasteiger partial charge on any atom is -0.394 e. The fraction of sp³-hybridized carbons (Fsp3) is 0.709. The summed E-state index contributed by atoms with van der Waals surface area (Å²) < 4.78 is 139. The van der Waals surface area contributed by atoms with E-state index in [1.54, 1.807) is 37.3 Å². The predicted molar refractivity (Wildman–Crippen MR) is 293 cm³/mol. The molecule has 0 unspecified atom stereocenters. The summed E-state index contributed by atoms with van der Waals surface area (Å²) in [6, 6.07) is 13.3. The molecule has 0 amide bonds. The molecule has 0 spiro atoms. The third-order valence-electron chi connectivity index (χ3n) is 17.0. The van der Waals surface area contributed by atoms with Gasteiger partial charge in [-0.05, 0) is 43.4 Å². The molecule has 3 aromatic rings. The minimum atomic E-state index is -5.13. The van der Waals surface area contributed by atoms with Crippen molar-refractivity contribution in [2.75, 3.05) is 39.6 Å². The second-order valence-corrected chi connectivity index (χ2v) is 26.2. The number of hydrogen-bond donors (Lipinski definition) is 16. The van der Waals surface area contributed by atoms with E-state index in [9.17, 15) is 98.5 Å². The standard InChI is InChI=1S/C55H76O34S2/c1-19-11-20(2)49(21(3)12-19)91(74,75)76-18-29-47-35(65)40(70)54(82-29)85-44-26(15-58)78-51(37(67)32(44)62)83-42-24(13-56)77-50(36(66)31(42)61)84-43-25(14-57)79-52(38(68)33(43)63)86-46-28(17-60)81-55(88-45-27(16-59)80-53(87-47)39(69)34(45)64)48(41(46)71)89-90(72,73)30-10-6-8-22-7-4-5-9-23(22)30/h4-12,24-29,31-48,50-71H,13-18H2,1-3H3/t24-,25-,26-,27-,28-,29-,31-,32-,33-,34-,35-,36-,37-,38-,39-,40-,41+,42-,43-,44-,45-,46-,47-,48-,50-,51-,52-,53-,54-,55-/m1/s1. The Labute approximate surface area is 518 Å². The summed E-state index contributed by atoms with van der Waals surface area (Å²) in [6.45, 7) is -2.07. The number of hydrogen-bond acceptors (Lipinski definition) is 34. The third-order valence-corrected chi connectivity index (χ3v) is 19.9. The highest BCUT2D eigenvalue weighted by Crippen LogP contribution is 2.40. The van der Waals surface area contributed by atoms with Crippen LogP contribution in [0.3, 0.4) is 0 Å². The van der Waals surface area contributed by atoms with Gasteiger partial charge < -0.3 is 139 Å². The van der Waals surface area contributed by atoms with Crippen LogP contribution in [0.25, 0.3) is 10.8 Å². The van der Waals surface area contributed by atoms with Crippen LogP contribution in [0.1, 0.15) is 16.7 Å². The zero-order valence-corrected chi connectivity index (χ0v) is 50.2. The van der Waals surface area contributed by atoms with Crippen LogP contribution in [-0.2, 0) is 85.4 Å². The van der Waals surface area contributed by atoms with E-state index in [-0.39, 0.29) is 21.4 Å². The van der Waals surface area contributed by atoms with Crippen molar-refractivity contribution in [1.82, 2.24) is 0 Å². The van der Waals surface area contributed by atoms with Crippen LogP contribution in [0.4, 0.5) is 0 Å². The Bertz CT molecular complexity index is 3130. The van der Waals surface area contributed by atoms with Gasteiger partial charge in [0.2, 0.25) is 0 Å². The van der Waals surface area contributed by atoms with E-state index >= 15 is 0 Å². The number of ether oxygens (including phenoxy) is 12. The van der Waals surface area contributed by atoms with Gasteiger partial charge >= 0.3 is 0 Å². The minimum absolute atomic E-state index is 0.112. The van der Waals surface area contributed by atoms with Crippen LogP contribution >= 0.6 is 0 Å². The highest BCUT2D eigenvalue weighted by molar-refractivity contribution is 7.87. The number of aliphatic hydroxyl groups is 16. The monoisotopic (exact) mass is 1340 g/mol. The van der Waals surface area contributed by atoms with E-state index in [4.69, 9.17) is 65.2 Å². The maximum atomic E-state index is 14.5. The first-order valence-corrected chi connectivity index (χ1v) is 31.8. The van der Waals surface area contributed by atoms with Crippen molar-refractivity contribution >= 4 is 31.0 Å². The van der Waals surface area contributed by atoms with Crippen molar-refractivity contribution in [1.29, 1.82) is 0 Å². The second-order valence-electron chi connectivity index (χ2n) is 23.1. The summed E-state index contributed by atoms with van der Waals surface area (Å²) >= 11 is 0. The summed E-state index contributed by atoms with van der Waals surface area (Å²) in [5, 5.41) is 183. The summed E-state index contributed by atoms with van der Waals surface area (Å²) in [7, 11) is -9.92. The van der Waals surface area contributed by atoms with Gasteiger partial charge in [-0.3, -0.25) is 8.37 Å². The van der Waals surface area contributed by atoms with E-state index in [0.717, 1.165) is 6.07 Å². The molecule has 22 aliphatic rings. The molecular formula is C55H76O34S2. The molecule has 0 radical (unpaired) electrons. The lowest BCUT2D eigenvalue weighted by Crippen LogP contribution is -2.69. The van der Waals surface area contributed by atoms with Crippen molar-refractivity contribution in [3.8, 4) is 0 Å². The first kappa shape index (κ1) is 70.4. The molecule has 30 atom stereocenters. The third kappa shape index (κ3) is 14.0. The number of aryl methyl sites for hydroxylation is 3. The predicted octanol–water partition coefficient (Wildman–Crippen LogP) is -8.15. The van der Waals surface area contributed by atoms with Crippen molar-refractivity contribution in [3.05, 3.63) is 71.3 Å². The maximum absolute atomic E-state index is 14.5. The lowest BCUT2D eigenvalue weighted by Gasteiger charge is -2.51. The average Bonchev–Trinajstić information content (AvgIpc) is 0.804. The van der Waals surface area contributed by atoms with Gasteiger partial charge in [-0.15, -0.1) is 0 Å². The molecule has 12 bridgehead atoms. The Kier molecular flexibility index (Phi) is 22.2. The lowest BCUT2D eigenvalue weighted by molar-refractivity contribution is -0.403. The van der Waals surface area contributed by atoms with Gasteiger partial charge in [0.1, 0.15) is 145 Å². The van der Waals surface area contributed by atoms with Crippen LogP contribution in [0.5, 0.6) is 0 Å². The van der Waals surface area contributed by atoms with Crippen LogP contribution in [0.15, 0.2) is 64.4 Å². The van der Waals surface area contributed by atoms with E-state index in [0.29, 0.717) is 10.9 Å². The van der Waals surface area contributed by atoms with Crippen LogP contribution < -0.4 is 0 Å². The molecule has 22 fully saturated rings. The van der Waals surface area contributed by atoms with E-state index in [1.807, 2.05) is 0 Å². The summed E-state index contributed by atoms with van der Waals surface area (Å²) in [5.41, 5.74) is 1.19. The van der Waals surface area contributed by atoms with Gasteiger partial charge in [-0.1, -0.05) is 54.1 Å². The zero-order valence-electron chi connectivity index (χ0n) is 48.6. The SMILES string of the molecule is Cc1cc(C)c(S(=O)(=O)OC[C@H]2O[C@@H]3O[C@H]4[C@H](O)[C@@H](O)[C@@H](O[C@H]5[C@H](O)[C@@H](O)[C@@H](O[C@H]6[C@H](O)[C@@H](O)[C@@H](O[C@H]7[C@H](O)[C@@H](OS(=O)(=O)c8cccc9ccccc89)[C@@H](O[C@H]8[C@H](O)[C@@H](O)[C@@H](O[C@H]2[C@H](O)[C@H]3O)O[C@@H]8CO)O[C@@H]7CO)O[C@@H]6CO)O[C@@H]5CO)O[C@@H]4CO)c(C)c1. The van der Waals surface area contributed by atoms with Crippen molar-refractivity contribution in [2.24, 2.45) is 0 Å². The van der Waals surface area contributed by atoms with Crippen molar-refractivity contribution in [2.45, 2.75) is 215 Å². The Morgan fingerprint density at radius 2 is 0.692 bits per heavy atom. The van der Waals surface area contributed by atoms with Crippen LogP contribution in [0, 0.1) is 20.8 Å². The van der Waals surface area contributed by atoms with E-state index in [1.165, 1.54) is 32.0 Å². The quantitative estimate of drug-likeness (QED) is 0.0749. The smallest absolute Gasteiger partial charge is 0.298 e. The van der Waals surface area contributed by atoms with Gasteiger partial charge in [0.05, 0.1) is 44.5 Å². The summed E-state index contributed by atoms with van der Waals surface area (Å²) in [5.74, 6) is 0. The molecule has 512 valence electrons. The maximum Gasteiger partial charge on any atom is 0.298 e. The topological polar surface area (TPSA) is 521 Å². The average molecular weight is 1350 g/mol. The Morgan fingerprint density at radius 1 is 0.374 bits per heavy atom. The fourth-order valence-electron chi connectivity index (χ4n) is 12.4. The highest BCUT2D eigenvalue weighted by Gasteiger charge is 2.60. The van der Waals surface area contributed by atoms with E-state index < -0.39 is 249 Å². The summed E-state index contributed by atoms with van der Waals surface area (Å²) in [6.07, 6.45) is -64.4. The molecule has 0 aromatic heterocycles. The van der Waals surface area contributed by atoms with Gasteiger partial charge in [0.25, 0.3) is 20.2 Å². The first-order valence-electron chi connectivity index (χ1n) is 28.9. The van der Waals surface area contributed by atoms with Gasteiger partial charge in [-0.25, -0.2) is 0 Å². The Balaban J connectivity index is 1.02. The fourth-order valence-corrected chi connectivity index (χ4v) is 15.0. The lowest BCUT2D eigenvalue weighted by atomic mass is 9.94. The molecule has 36 heteroatoms. The van der Waals surface area contributed by atoms with E-state index in [2.05, 4.69) is 0 Å². The Hall–Kier alpha value is -3.38. The number of rotatable bonds is 12. The summed E-state index contributed by atoms with van der Waals surface area (Å²) in [4.78, 5) is -0.757. The molecule has 0 aliphatic carbocycles. The van der Waals surface area contributed by atoms with Gasteiger partial charge in [-0.2, -0.15) is 16.8 Å². The molecular weight excluding hydrogens is 1270 g/mol. The molecule has 22 aliphatic heterocycles. The number of fused-ring (bicyclic) bond motifs is 1. The molecule has 91 heavy (non-hydrogen) atoms. The molecule has 22 saturated heterocycles. The van der Waals surface area contributed by atoms with Crippen LogP contribution in [0.2, 0.25) is 0 Å². The molecule has 0 saturated carbocycles. The van der Waals surface area contributed by atoms with Crippen molar-refractivity contribution < 1.29 is 164 Å². The highest BCUT2D eigenvalue weighted by atomic mass is 32.2. The Morgan fingerprint density at radius 3 is 1.08 bits per heavy atom. The molecule has 3 aromatic carbocycles. The molecule has 34 nitrogen and oxygen atoms in total. The van der Waals surface area contributed by atoms with Gasteiger partial charge in [0, 0.05) is 5.39 Å². The largest absolute Gasteiger partial charge is 0.394 e. The normalized spacial score (nSPS) is 43.8.